The van der Waals surface area contributed by atoms with Crippen molar-refractivity contribution in [2.24, 2.45) is 7.05 Å². The Morgan fingerprint density at radius 2 is 1.67 bits per heavy atom. The second-order valence-electron chi connectivity index (χ2n) is 9.85. The van der Waals surface area contributed by atoms with Crippen LogP contribution in [0.15, 0.2) is 108 Å². The molecule has 214 valence electrons. The van der Waals surface area contributed by atoms with Crippen LogP contribution in [-0.4, -0.2) is 37.3 Å². The summed E-state index contributed by atoms with van der Waals surface area (Å²) in [5, 5.41) is 3.60. The molecule has 0 aliphatic carbocycles. The topological polar surface area (TPSA) is 113 Å². The van der Waals surface area contributed by atoms with Crippen LogP contribution >= 0.6 is 0 Å². The van der Waals surface area contributed by atoms with E-state index in [1.165, 1.54) is 6.20 Å². The van der Waals surface area contributed by atoms with Crippen molar-refractivity contribution in [1.82, 2.24) is 24.3 Å². The number of aromatic nitrogens is 5. The van der Waals surface area contributed by atoms with Gasteiger partial charge in [-0.1, -0.05) is 30.3 Å². The average molecular weight is 573 g/mol. The molecule has 0 aliphatic heterocycles. The summed E-state index contributed by atoms with van der Waals surface area (Å²) in [5.74, 6) is 1.48. The zero-order valence-electron chi connectivity index (χ0n) is 23.8. The Morgan fingerprint density at radius 3 is 2.40 bits per heavy atom. The highest BCUT2D eigenvalue weighted by Gasteiger charge is 2.28. The number of nitrogens with zero attached hydrogens (tertiary/aromatic N) is 5. The van der Waals surface area contributed by atoms with Gasteiger partial charge in [-0.2, -0.15) is 0 Å². The summed E-state index contributed by atoms with van der Waals surface area (Å²) >= 11 is 0. The van der Waals surface area contributed by atoms with Gasteiger partial charge < -0.3 is 14.8 Å². The van der Waals surface area contributed by atoms with E-state index >= 15 is 0 Å². The summed E-state index contributed by atoms with van der Waals surface area (Å²) in [4.78, 5) is 40.4. The van der Waals surface area contributed by atoms with E-state index in [1.54, 1.807) is 72.4 Å². The maximum Gasteiger partial charge on any atom is 0.280 e. The number of carbonyl (C=O) groups excluding carboxylic acids is 1. The molecule has 0 spiro atoms. The fourth-order valence-electron chi connectivity index (χ4n) is 5.11. The van der Waals surface area contributed by atoms with Gasteiger partial charge in [0.1, 0.15) is 28.6 Å². The number of pyridine rings is 3. The molecule has 1 unspecified atom stereocenters. The molecular weight excluding hydrogens is 544 g/mol. The fourth-order valence-corrected chi connectivity index (χ4v) is 5.11. The van der Waals surface area contributed by atoms with Gasteiger partial charge in [-0.05, 0) is 55.0 Å². The lowest BCUT2D eigenvalue weighted by Gasteiger charge is -2.17. The Morgan fingerprint density at radius 1 is 0.907 bits per heavy atom. The van der Waals surface area contributed by atoms with Crippen molar-refractivity contribution in [2.45, 2.75) is 13.0 Å². The standard InChI is InChI=1S/C33H28N6O4/c1-21(22-7-5-4-6-8-22)39-33(41)30(31(38(39)2)23-13-16-34-17-14-23)32(40)37-29-12-10-25(20-36-29)43-28-15-18-35-27-19-24(42-3)9-11-26(27)28/h4-21H,1-3H3,(H,36,37,40). The zero-order chi connectivity index (χ0) is 29.9. The van der Waals surface area contributed by atoms with Crippen molar-refractivity contribution in [1.29, 1.82) is 0 Å². The summed E-state index contributed by atoms with van der Waals surface area (Å²) in [5.41, 5.74) is 2.44. The number of fused-ring (bicyclic) bond motifs is 1. The third kappa shape index (κ3) is 5.33. The van der Waals surface area contributed by atoms with Crippen LogP contribution in [0.1, 0.15) is 28.9 Å². The van der Waals surface area contributed by atoms with Gasteiger partial charge in [0, 0.05) is 42.7 Å². The van der Waals surface area contributed by atoms with Crippen LogP contribution in [0.4, 0.5) is 5.82 Å². The molecule has 0 saturated carbocycles. The van der Waals surface area contributed by atoms with Crippen molar-refractivity contribution < 1.29 is 14.3 Å². The van der Waals surface area contributed by atoms with Gasteiger partial charge in [0.25, 0.3) is 11.5 Å². The number of ether oxygens (including phenoxy) is 2. The molecule has 1 amide bonds. The van der Waals surface area contributed by atoms with Crippen molar-refractivity contribution >= 4 is 22.6 Å². The van der Waals surface area contributed by atoms with Crippen molar-refractivity contribution in [3.63, 3.8) is 0 Å². The van der Waals surface area contributed by atoms with Gasteiger partial charge in [-0.3, -0.25) is 24.2 Å². The lowest BCUT2D eigenvalue weighted by atomic mass is 10.1. The second kappa shape index (κ2) is 11.6. The van der Waals surface area contributed by atoms with Crippen LogP contribution in [-0.2, 0) is 7.05 Å². The molecule has 2 aromatic carbocycles. The smallest absolute Gasteiger partial charge is 0.280 e. The molecule has 10 heteroatoms. The number of benzene rings is 2. The minimum absolute atomic E-state index is 0.0114. The number of hydrogen-bond acceptors (Lipinski definition) is 7. The van der Waals surface area contributed by atoms with Gasteiger partial charge in [0.05, 0.1) is 30.6 Å². The number of anilines is 1. The second-order valence-corrected chi connectivity index (χ2v) is 9.85. The first-order chi connectivity index (χ1) is 20.9. The number of amides is 1. The number of carbonyl (C=O) groups is 1. The predicted octanol–water partition coefficient (Wildman–Crippen LogP) is 5.85. The Kier molecular flexibility index (Phi) is 7.40. The highest BCUT2D eigenvalue weighted by Crippen LogP contribution is 2.31. The SMILES string of the molecule is COc1ccc2c(Oc3ccc(NC(=O)c4c(-c5ccncc5)n(C)n(C(C)c5ccccc5)c4=O)nc3)ccnc2c1. The molecule has 1 atom stereocenters. The van der Waals surface area contributed by atoms with Crippen LogP contribution < -0.4 is 20.3 Å². The van der Waals surface area contributed by atoms with E-state index in [4.69, 9.17) is 9.47 Å². The van der Waals surface area contributed by atoms with Crippen LogP contribution in [0.25, 0.3) is 22.2 Å². The third-order valence-electron chi connectivity index (χ3n) is 7.25. The molecule has 1 N–H and O–H groups in total. The van der Waals surface area contributed by atoms with Crippen molar-refractivity contribution in [3.05, 3.63) is 125 Å². The average Bonchev–Trinajstić information content (AvgIpc) is 3.31. The maximum atomic E-state index is 13.8. The minimum Gasteiger partial charge on any atom is -0.497 e. The van der Waals surface area contributed by atoms with E-state index in [0.717, 1.165) is 16.5 Å². The summed E-state index contributed by atoms with van der Waals surface area (Å²) < 4.78 is 14.7. The minimum atomic E-state index is -0.568. The molecule has 0 radical (unpaired) electrons. The summed E-state index contributed by atoms with van der Waals surface area (Å²) in [6.07, 6.45) is 6.42. The lowest BCUT2D eigenvalue weighted by Crippen LogP contribution is -2.29. The van der Waals surface area contributed by atoms with Crippen LogP contribution in [0.3, 0.4) is 0 Å². The first kappa shape index (κ1) is 27.4. The zero-order valence-corrected chi connectivity index (χ0v) is 23.8. The number of rotatable bonds is 8. The third-order valence-corrected chi connectivity index (χ3v) is 7.25. The van der Waals surface area contributed by atoms with Crippen LogP contribution in [0.2, 0.25) is 0 Å². The number of methoxy groups -OCH3 is 1. The Labute approximate surface area is 247 Å². The van der Waals surface area contributed by atoms with Gasteiger partial charge in [-0.15, -0.1) is 0 Å². The maximum absolute atomic E-state index is 13.8. The molecule has 0 aliphatic rings. The number of hydrogen-bond donors (Lipinski definition) is 1. The van der Waals surface area contributed by atoms with E-state index in [0.29, 0.717) is 28.5 Å². The Bertz CT molecular complexity index is 1970. The highest BCUT2D eigenvalue weighted by molar-refractivity contribution is 6.07. The molecule has 0 bridgehead atoms. The Balaban J connectivity index is 1.29. The molecule has 10 nitrogen and oxygen atoms in total. The summed E-state index contributed by atoms with van der Waals surface area (Å²) in [7, 11) is 3.38. The summed E-state index contributed by atoms with van der Waals surface area (Å²) in [6.45, 7) is 1.93. The molecule has 0 fully saturated rings. The van der Waals surface area contributed by atoms with Gasteiger partial charge in [-0.25, -0.2) is 9.67 Å². The van der Waals surface area contributed by atoms with E-state index in [1.807, 2.05) is 55.5 Å². The van der Waals surface area contributed by atoms with Gasteiger partial charge in [0.2, 0.25) is 0 Å². The summed E-state index contributed by atoms with van der Waals surface area (Å²) in [6, 6.07) is 23.5. The molecule has 0 saturated heterocycles. The van der Waals surface area contributed by atoms with Gasteiger partial charge in [0.15, 0.2) is 0 Å². The quantitative estimate of drug-likeness (QED) is 0.243. The number of nitrogens with one attached hydrogen (secondary N) is 1. The molecule has 4 heterocycles. The van der Waals surface area contributed by atoms with Crippen LogP contribution in [0.5, 0.6) is 17.2 Å². The normalized spacial score (nSPS) is 11.7. The van der Waals surface area contributed by atoms with E-state index in [9.17, 15) is 9.59 Å². The molecular formula is C33H28N6O4. The first-order valence-electron chi connectivity index (χ1n) is 13.6. The lowest BCUT2D eigenvalue weighted by molar-refractivity contribution is 0.102. The molecule has 43 heavy (non-hydrogen) atoms. The molecule has 4 aromatic heterocycles. The van der Waals surface area contributed by atoms with Crippen LogP contribution in [0, 0.1) is 0 Å². The first-order valence-corrected chi connectivity index (χ1v) is 13.6. The van der Waals surface area contributed by atoms with E-state index in [2.05, 4.69) is 20.3 Å². The molecule has 6 rings (SSSR count). The molecule has 6 aromatic rings. The van der Waals surface area contributed by atoms with E-state index in [-0.39, 0.29) is 17.4 Å². The van der Waals surface area contributed by atoms with Gasteiger partial charge >= 0.3 is 0 Å². The Hall–Kier alpha value is -5.77. The predicted molar refractivity (Wildman–Crippen MR) is 164 cm³/mol. The largest absolute Gasteiger partial charge is 0.497 e. The van der Waals surface area contributed by atoms with E-state index < -0.39 is 11.5 Å². The fraction of sp³-hybridized carbons (Fsp3) is 0.121. The van der Waals surface area contributed by atoms with Crippen molar-refractivity contribution in [2.75, 3.05) is 12.4 Å². The van der Waals surface area contributed by atoms with Crippen molar-refractivity contribution in [3.8, 4) is 28.5 Å². The monoisotopic (exact) mass is 572 g/mol. The highest BCUT2D eigenvalue weighted by atomic mass is 16.5.